The van der Waals surface area contributed by atoms with Crippen molar-refractivity contribution < 1.29 is 23.4 Å². The molecule has 0 atom stereocenters. The second kappa shape index (κ2) is 7.24. The van der Waals surface area contributed by atoms with Crippen molar-refractivity contribution >= 4 is 17.3 Å². The summed E-state index contributed by atoms with van der Waals surface area (Å²) in [4.78, 5) is 15.9. The van der Waals surface area contributed by atoms with E-state index in [1.165, 1.54) is 11.3 Å². The van der Waals surface area contributed by atoms with Gasteiger partial charge in [0.2, 0.25) is 0 Å². The summed E-state index contributed by atoms with van der Waals surface area (Å²) in [5.41, 5.74) is 0.752. The van der Waals surface area contributed by atoms with Gasteiger partial charge in [-0.1, -0.05) is 30.3 Å². The maximum atomic E-state index is 11.9. The van der Waals surface area contributed by atoms with Gasteiger partial charge in [-0.25, -0.2) is 18.6 Å². The summed E-state index contributed by atoms with van der Waals surface area (Å²) in [7, 11) is 0. The molecule has 21 heavy (non-hydrogen) atoms. The van der Waals surface area contributed by atoms with Gasteiger partial charge < -0.3 is 9.84 Å². The molecule has 0 aliphatic rings. The zero-order valence-electron chi connectivity index (χ0n) is 11.0. The van der Waals surface area contributed by atoms with E-state index in [0.29, 0.717) is 16.3 Å². The standard InChI is InChI=1S/C14H13F2NO3S/c15-10(16)8-20-7-6-11-17-12(14(18)19)13(21-11)9-4-2-1-3-5-9/h1-5,10H,6-8H2,(H,18,19). The Morgan fingerprint density at radius 2 is 2.05 bits per heavy atom. The van der Waals surface area contributed by atoms with E-state index < -0.39 is 19.0 Å². The molecular weight excluding hydrogens is 300 g/mol. The van der Waals surface area contributed by atoms with Crippen LogP contribution in [0.5, 0.6) is 0 Å². The molecule has 0 amide bonds. The van der Waals surface area contributed by atoms with Gasteiger partial charge in [0, 0.05) is 6.42 Å². The summed E-state index contributed by atoms with van der Waals surface area (Å²) >= 11 is 1.24. The number of rotatable bonds is 7. The monoisotopic (exact) mass is 313 g/mol. The van der Waals surface area contributed by atoms with Gasteiger partial charge in [0.1, 0.15) is 6.61 Å². The van der Waals surface area contributed by atoms with Crippen LogP contribution in [0.25, 0.3) is 10.4 Å². The van der Waals surface area contributed by atoms with Crippen LogP contribution in [0.2, 0.25) is 0 Å². The van der Waals surface area contributed by atoms with Crippen molar-refractivity contribution in [2.45, 2.75) is 12.8 Å². The number of halogens is 2. The first-order valence-corrected chi connectivity index (χ1v) is 7.04. The van der Waals surface area contributed by atoms with Crippen LogP contribution in [0.15, 0.2) is 30.3 Å². The molecule has 0 aliphatic carbocycles. The molecule has 0 unspecified atom stereocenters. The average molecular weight is 313 g/mol. The number of hydrogen-bond acceptors (Lipinski definition) is 4. The lowest BCUT2D eigenvalue weighted by molar-refractivity contribution is 0.0187. The predicted octanol–water partition coefficient (Wildman–Crippen LogP) is 3.33. The maximum absolute atomic E-state index is 11.9. The number of thiazole rings is 1. The van der Waals surface area contributed by atoms with Crippen molar-refractivity contribution in [3.8, 4) is 10.4 Å². The smallest absolute Gasteiger partial charge is 0.356 e. The number of carbonyl (C=O) groups is 1. The SMILES string of the molecule is O=C(O)c1nc(CCOCC(F)F)sc1-c1ccccc1. The fourth-order valence-corrected chi connectivity index (χ4v) is 2.77. The first-order chi connectivity index (χ1) is 10.1. The highest BCUT2D eigenvalue weighted by molar-refractivity contribution is 7.15. The molecule has 0 spiro atoms. The largest absolute Gasteiger partial charge is 0.476 e. The van der Waals surface area contributed by atoms with E-state index in [9.17, 15) is 18.7 Å². The van der Waals surface area contributed by atoms with Crippen LogP contribution in [-0.2, 0) is 11.2 Å². The number of benzene rings is 1. The van der Waals surface area contributed by atoms with Crippen LogP contribution in [0.3, 0.4) is 0 Å². The molecule has 1 aromatic heterocycles. The molecule has 4 nitrogen and oxygen atoms in total. The highest BCUT2D eigenvalue weighted by Crippen LogP contribution is 2.30. The van der Waals surface area contributed by atoms with Crippen LogP contribution in [0.1, 0.15) is 15.5 Å². The Hall–Kier alpha value is -1.86. The average Bonchev–Trinajstić information content (AvgIpc) is 2.89. The van der Waals surface area contributed by atoms with Gasteiger partial charge in [-0.05, 0) is 5.56 Å². The molecule has 2 rings (SSSR count). The Labute approximate surface area is 124 Å². The summed E-state index contributed by atoms with van der Waals surface area (Å²) in [5, 5.41) is 9.75. The highest BCUT2D eigenvalue weighted by Gasteiger charge is 2.18. The first-order valence-electron chi connectivity index (χ1n) is 6.22. The Morgan fingerprint density at radius 1 is 1.33 bits per heavy atom. The lowest BCUT2D eigenvalue weighted by atomic mass is 10.1. The van der Waals surface area contributed by atoms with Gasteiger partial charge >= 0.3 is 5.97 Å². The van der Waals surface area contributed by atoms with Gasteiger partial charge in [0.05, 0.1) is 16.5 Å². The summed E-state index contributed by atoms with van der Waals surface area (Å²) < 4.78 is 28.7. The van der Waals surface area contributed by atoms with Crippen molar-refractivity contribution in [3.05, 3.63) is 41.0 Å². The molecular formula is C14H13F2NO3S. The molecule has 112 valence electrons. The Morgan fingerprint density at radius 3 is 2.67 bits per heavy atom. The lowest BCUT2D eigenvalue weighted by Gasteiger charge is -2.00. The molecule has 1 heterocycles. The van der Waals surface area contributed by atoms with Gasteiger partial charge in [0.15, 0.2) is 5.69 Å². The molecule has 2 aromatic rings. The summed E-state index contributed by atoms with van der Waals surface area (Å²) in [6.07, 6.45) is -2.19. The lowest BCUT2D eigenvalue weighted by Crippen LogP contribution is -2.07. The fourth-order valence-electron chi connectivity index (χ4n) is 1.73. The minimum atomic E-state index is -2.50. The second-order valence-electron chi connectivity index (χ2n) is 4.17. The molecule has 1 aromatic carbocycles. The third kappa shape index (κ3) is 4.30. The van der Waals surface area contributed by atoms with Crippen LogP contribution in [-0.4, -0.2) is 35.7 Å². The second-order valence-corrected chi connectivity index (χ2v) is 5.26. The number of aromatic carboxylic acids is 1. The molecule has 0 bridgehead atoms. The topological polar surface area (TPSA) is 59.4 Å². The summed E-state index contributed by atoms with van der Waals surface area (Å²) in [6.45, 7) is -0.534. The highest BCUT2D eigenvalue weighted by atomic mass is 32.1. The third-order valence-electron chi connectivity index (χ3n) is 2.61. The fraction of sp³-hybridized carbons (Fsp3) is 0.286. The van der Waals surface area contributed by atoms with Crippen molar-refractivity contribution in [2.24, 2.45) is 0 Å². The van der Waals surface area contributed by atoms with E-state index >= 15 is 0 Å². The number of carboxylic acid groups (broad SMARTS) is 1. The minimum absolute atomic E-state index is 0.0185. The number of ether oxygens (including phenoxy) is 1. The molecule has 0 radical (unpaired) electrons. The van der Waals surface area contributed by atoms with E-state index in [4.69, 9.17) is 4.74 Å². The van der Waals surface area contributed by atoms with Crippen molar-refractivity contribution in [1.29, 1.82) is 0 Å². The first kappa shape index (κ1) is 15.5. The number of carboxylic acids is 1. The van der Waals surface area contributed by atoms with E-state index in [1.807, 2.05) is 18.2 Å². The quantitative estimate of drug-likeness (QED) is 0.797. The Balaban J connectivity index is 2.12. The maximum Gasteiger partial charge on any atom is 0.356 e. The normalized spacial score (nSPS) is 11.0. The van der Waals surface area contributed by atoms with E-state index in [2.05, 4.69) is 4.98 Å². The van der Waals surface area contributed by atoms with Crippen LogP contribution < -0.4 is 0 Å². The number of nitrogens with zero attached hydrogens (tertiary/aromatic N) is 1. The Bertz CT molecular complexity index is 602. The molecule has 0 aliphatic heterocycles. The van der Waals surface area contributed by atoms with Crippen molar-refractivity contribution in [2.75, 3.05) is 13.2 Å². The Kier molecular flexibility index (Phi) is 5.35. The zero-order valence-corrected chi connectivity index (χ0v) is 11.8. The number of hydrogen-bond donors (Lipinski definition) is 1. The van der Waals surface area contributed by atoms with E-state index in [0.717, 1.165) is 5.56 Å². The summed E-state index contributed by atoms with van der Waals surface area (Å²) in [6, 6.07) is 9.07. The van der Waals surface area contributed by atoms with Gasteiger partial charge in [0.25, 0.3) is 6.43 Å². The van der Waals surface area contributed by atoms with Crippen molar-refractivity contribution in [1.82, 2.24) is 4.98 Å². The van der Waals surface area contributed by atoms with Crippen LogP contribution in [0, 0.1) is 0 Å². The predicted molar refractivity (Wildman–Crippen MR) is 75.0 cm³/mol. The molecule has 0 fully saturated rings. The molecule has 7 heteroatoms. The number of aromatic nitrogens is 1. The molecule has 0 saturated carbocycles. The molecule has 1 N–H and O–H groups in total. The van der Waals surface area contributed by atoms with Gasteiger partial charge in [-0.2, -0.15) is 0 Å². The van der Waals surface area contributed by atoms with Gasteiger partial charge in [-0.15, -0.1) is 11.3 Å². The van der Waals surface area contributed by atoms with Crippen LogP contribution in [0.4, 0.5) is 8.78 Å². The van der Waals surface area contributed by atoms with Crippen molar-refractivity contribution in [3.63, 3.8) is 0 Å². The van der Waals surface area contributed by atoms with Gasteiger partial charge in [-0.3, -0.25) is 0 Å². The van der Waals surface area contributed by atoms with E-state index in [1.54, 1.807) is 12.1 Å². The van der Waals surface area contributed by atoms with E-state index in [-0.39, 0.29) is 12.3 Å². The third-order valence-corrected chi connectivity index (χ3v) is 3.78. The number of alkyl halides is 2. The summed E-state index contributed by atoms with van der Waals surface area (Å²) in [5.74, 6) is -1.11. The minimum Gasteiger partial charge on any atom is -0.476 e. The van der Waals surface area contributed by atoms with Crippen LogP contribution >= 0.6 is 11.3 Å². The molecule has 0 saturated heterocycles. The zero-order chi connectivity index (χ0) is 15.2.